The SMILES string of the molecule is Nc1nnc(C(=O)N2CCN(CCO)CC2)s1. The van der Waals surface area contributed by atoms with Crippen molar-refractivity contribution in [2.45, 2.75) is 0 Å². The van der Waals surface area contributed by atoms with E-state index < -0.39 is 0 Å². The molecule has 2 rings (SSSR count). The first-order valence-electron chi connectivity index (χ1n) is 5.42. The number of aromatic nitrogens is 2. The summed E-state index contributed by atoms with van der Waals surface area (Å²) >= 11 is 1.11. The summed E-state index contributed by atoms with van der Waals surface area (Å²) in [6, 6.07) is 0. The Balaban J connectivity index is 1.90. The number of β-amino-alcohol motifs (C(OH)–C–C–N with tert-alkyl or cyclic N) is 1. The molecular formula is C9H15N5O2S. The normalized spacial score (nSPS) is 17.4. The second kappa shape index (κ2) is 5.39. The number of rotatable bonds is 3. The van der Waals surface area contributed by atoms with E-state index in [1.807, 2.05) is 0 Å². The summed E-state index contributed by atoms with van der Waals surface area (Å²) in [6.07, 6.45) is 0. The first-order chi connectivity index (χ1) is 8.20. The Bertz CT molecular complexity index is 388. The summed E-state index contributed by atoms with van der Waals surface area (Å²) < 4.78 is 0. The molecule has 7 nitrogen and oxygen atoms in total. The predicted molar refractivity (Wildman–Crippen MR) is 63.8 cm³/mol. The maximum atomic E-state index is 12.0. The topological polar surface area (TPSA) is 95.6 Å². The molecule has 1 fully saturated rings. The van der Waals surface area contributed by atoms with E-state index in [0.717, 1.165) is 24.4 Å². The summed E-state index contributed by atoms with van der Waals surface area (Å²) in [6.45, 7) is 3.67. The molecule has 0 atom stereocenters. The van der Waals surface area contributed by atoms with Gasteiger partial charge in [0, 0.05) is 32.7 Å². The number of amides is 1. The third-order valence-corrected chi connectivity index (χ3v) is 3.44. The van der Waals surface area contributed by atoms with Gasteiger partial charge in [0.05, 0.1) is 6.61 Å². The van der Waals surface area contributed by atoms with Crippen LogP contribution < -0.4 is 5.73 Å². The monoisotopic (exact) mass is 257 g/mol. The van der Waals surface area contributed by atoms with Crippen LogP contribution >= 0.6 is 11.3 Å². The lowest BCUT2D eigenvalue weighted by Gasteiger charge is -2.33. The van der Waals surface area contributed by atoms with Gasteiger partial charge in [-0.1, -0.05) is 11.3 Å². The Kier molecular flexibility index (Phi) is 3.87. The average molecular weight is 257 g/mol. The predicted octanol–water partition coefficient (Wildman–Crippen LogP) is -1.13. The van der Waals surface area contributed by atoms with Crippen molar-refractivity contribution < 1.29 is 9.90 Å². The zero-order chi connectivity index (χ0) is 12.3. The lowest BCUT2D eigenvalue weighted by Crippen LogP contribution is -2.49. The minimum atomic E-state index is -0.108. The zero-order valence-electron chi connectivity index (χ0n) is 9.37. The van der Waals surface area contributed by atoms with E-state index in [1.54, 1.807) is 4.90 Å². The average Bonchev–Trinajstić information content (AvgIpc) is 2.76. The Morgan fingerprint density at radius 1 is 1.35 bits per heavy atom. The largest absolute Gasteiger partial charge is 0.395 e. The molecule has 1 aliphatic heterocycles. The fraction of sp³-hybridized carbons (Fsp3) is 0.667. The molecule has 1 aromatic rings. The van der Waals surface area contributed by atoms with Gasteiger partial charge in [-0.25, -0.2) is 0 Å². The molecule has 1 aliphatic rings. The molecule has 94 valence electrons. The van der Waals surface area contributed by atoms with Gasteiger partial charge in [0.15, 0.2) is 0 Å². The molecule has 0 spiro atoms. The number of nitrogens with two attached hydrogens (primary N) is 1. The van der Waals surface area contributed by atoms with Crippen molar-refractivity contribution >= 4 is 22.4 Å². The van der Waals surface area contributed by atoms with Crippen LogP contribution in [-0.4, -0.2) is 70.3 Å². The van der Waals surface area contributed by atoms with Crippen LogP contribution in [0.5, 0.6) is 0 Å². The van der Waals surface area contributed by atoms with Gasteiger partial charge in [-0.15, -0.1) is 10.2 Å². The molecule has 1 aromatic heterocycles. The molecule has 0 unspecified atom stereocenters. The van der Waals surface area contributed by atoms with Crippen LogP contribution in [0.4, 0.5) is 5.13 Å². The molecule has 0 radical (unpaired) electrons. The fourth-order valence-corrected chi connectivity index (χ4v) is 2.35. The summed E-state index contributed by atoms with van der Waals surface area (Å²) in [5, 5.41) is 16.9. The van der Waals surface area contributed by atoms with Gasteiger partial charge >= 0.3 is 0 Å². The van der Waals surface area contributed by atoms with E-state index in [2.05, 4.69) is 15.1 Å². The number of aliphatic hydroxyl groups excluding tert-OH is 1. The Morgan fingerprint density at radius 2 is 2.06 bits per heavy atom. The van der Waals surface area contributed by atoms with Gasteiger partial charge in [0.1, 0.15) is 0 Å². The first-order valence-corrected chi connectivity index (χ1v) is 6.24. The summed E-state index contributed by atoms with van der Waals surface area (Å²) in [5.74, 6) is -0.108. The van der Waals surface area contributed by atoms with E-state index >= 15 is 0 Å². The molecule has 8 heteroatoms. The fourth-order valence-electron chi connectivity index (χ4n) is 1.77. The number of anilines is 1. The van der Waals surface area contributed by atoms with Crippen LogP contribution in [0.15, 0.2) is 0 Å². The van der Waals surface area contributed by atoms with Gasteiger partial charge in [0.2, 0.25) is 10.1 Å². The Hall–Kier alpha value is -1.25. The lowest BCUT2D eigenvalue weighted by atomic mass is 10.3. The van der Waals surface area contributed by atoms with E-state index in [-0.39, 0.29) is 12.5 Å². The van der Waals surface area contributed by atoms with E-state index in [0.29, 0.717) is 29.8 Å². The van der Waals surface area contributed by atoms with Gasteiger partial charge in [-0.2, -0.15) is 0 Å². The number of aliphatic hydroxyl groups is 1. The zero-order valence-corrected chi connectivity index (χ0v) is 10.2. The number of hydrogen-bond acceptors (Lipinski definition) is 7. The first kappa shape index (κ1) is 12.2. The molecule has 3 N–H and O–H groups in total. The number of carbonyl (C=O) groups excluding carboxylic acids is 1. The van der Waals surface area contributed by atoms with E-state index in [1.165, 1.54) is 0 Å². The number of nitrogens with zero attached hydrogens (tertiary/aromatic N) is 4. The Labute approximate surface area is 103 Å². The van der Waals surface area contributed by atoms with Crippen LogP contribution in [0.2, 0.25) is 0 Å². The maximum absolute atomic E-state index is 12.0. The Morgan fingerprint density at radius 3 is 2.59 bits per heavy atom. The van der Waals surface area contributed by atoms with Crippen molar-refractivity contribution in [3.8, 4) is 0 Å². The second-order valence-electron chi connectivity index (χ2n) is 3.80. The molecule has 2 heterocycles. The molecule has 0 bridgehead atoms. The van der Waals surface area contributed by atoms with E-state index in [4.69, 9.17) is 10.8 Å². The smallest absolute Gasteiger partial charge is 0.284 e. The highest BCUT2D eigenvalue weighted by molar-refractivity contribution is 7.16. The molecule has 17 heavy (non-hydrogen) atoms. The summed E-state index contributed by atoms with van der Waals surface area (Å²) in [4.78, 5) is 15.9. The number of hydrogen-bond donors (Lipinski definition) is 2. The van der Waals surface area contributed by atoms with Crippen molar-refractivity contribution in [1.82, 2.24) is 20.0 Å². The molecule has 0 saturated carbocycles. The van der Waals surface area contributed by atoms with Gasteiger partial charge < -0.3 is 15.7 Å². The molecule has 0 aliphatic carbocycles. The molecule has 1 amide bonds. The summed E-state index contributed by atoms with van der Waals surface area (Å²) in [5.41, 5.74) is 5.45. The molecule has 0 aromatic carbocycles. The number of nitrogen functional groups attached to an aromatic ring is 1. The third kappa shape index (κ3) is 2.90. The lowest BCUT2D eigenvalue weighted by molar-refractivity contribution is 0.0614. The molecule has 1 saturated heterocycles. The van der Waals surface area contributed by atoms with Gasteiger partial charge in [-0.05, 0) is 0 Å². The third-order valence-electron chi connectivity index (χ3n) is 2.70. The highest BCUT2D eigenvalue weighted by atomic mass is 32.1. The van der Waals surface area contributed by atoms with Crippen LogP contribution in [0, 0.1) is 0 Å². The highest BCUT2D eigenvalue weighted by Gasteiger charge is 2.24. The number of carbonyl (C=O) groups is 1. The maximum Gasteiger partial charge on any atom is 0.284 e. The van der Waals surface area contributed by atoms with Crippen molar-refractivity contribution in [2.24, 2.45) is 0 Å². The van der Waals surface area contributed by atoms with Gasteiger partial charge in [-0.3, -0.25) is 9.69 Å². The minimum absolute atomic E-state index is 0.108. The highest BCUT2D eigenvalue weighted by Crippen LogP contribution is 2.14. The number of piperazine rings is 1. The van der Waals surface area contributed by atoms with Crippen LogP contribution in [-0.2, 0) is 0 Å². The van der Waals surface area contributed by atoms with Crippen LogP contribution in [0.3, 0.4) is 0 Å². The quantitative estimate of drug-likeness (QED) is 0.711. The second-order valence-corrected chi connectivity index (χ2v) is 4.81. The van der Waals surface area contributed by atoms with Crippen molar-refractivity contribution in [3.05, 3.63) is 5.01 Å². The van der Waals surface area contributed by atoms with E-state index in [9.17, 15) is 4.79 Å². The van der Waals surface area contributed by atoms with Crippen LogP contribution in [0.1, 0.15) is 9.80 Å². The molecular weight excluding hydrogens is 242 g/mol. The minimum Gasteiger partial charge on any atom is -0.395 e. The van der Waals surface area contributed by atoms with Crippen molar-refractivity contribution in [3.63, 3.8) is 0 Å². The summed E-state index contributed by atoms with van der Waals surface area (Å²) in [7, 11) is 0. The standard InChI is InChI=1S/C9H15N5O2S/c10-9-12-11-7(17-9)8(16)14-3-1-13(2-4-14)5-6-15/h15H,1-6H2,(H2,10,12). The van der Waals surface area contributed by atoms with Crippen molar-refractivity contribution in [2.75, 3.05) is 45.1 Å². The van der Waals surface area contributed by atoms with Gasteiger partial charge in [0.25, 0.3) is 5.91 Å². The van der Waals surface area contributed by atoms with Crippen LogP contribution in [0.25, 0.3) is 0 Å². The van der Waals surface area contributed by atoms with Crippen molar-refractivity contribution in [1.29, 1.82) is 0 Å².